The topological polar surface area (TPSA) is 60.7 Å². The Morgan fingerprint density at radius 3 is 2.15 bits per heavy atom. The second-order valence-electron chi connectivity index (χ2n) is 6.76. The van der Waals surface area contributed by atoms with E-state index in [2.05, 4.69) is 13.8 Å². The Kier molecular flexibility index (Phi) is 5.95. The van der Waals surface area contributed by atoms with Gasteiger partial charge in [-0.2, -0.15) is 0 Å². The summed E-state index contributed by atoms with van der Waals surface area (Å²) < 4.78 is 0. The van der Waals surface area contributed by atoms with Gasteiger partial charge in [-0.15, -0.1) is 0 Å². The molecule has 0 radical (unpaired) electrons. The molecule has 114 valence electrons. The lowest BCUT2D eigenvalue weighted by molar-refractivity contribution is 0.0116. The number of benzene rings is 1. The molecule has 0 aromatic heterocycles. The van der Waals surface area contributed by atoms with Crippen molar-refractivity contribution < 1.29 is 15.0 Å². The minimum absolute atomic E-state index is 0.0789. The average Bonchev–Trinajstić information content (AvgIpc) is 2.37. The van der Waals surface area contributed by atoms with E-state index in [9.17, 15) is 15.0 Å². The van der Waals surface area contributed by atoms with Gasteiger partial charge in [0.1, 0.15) is 6.10 Å². The van der Waals surface area contributed by atoms with Crippen molar-refractivity contribution in [1.82, 2.24) is 0 Å². The van der Waals surface area contributed by atoms with Crippen molar-refractivity contribution in [3.63, 3.8) is 0 Å². The highest BCUT2D eigenvalue weighted by molar-refractivity contribution is 6.72. The molecule has 3 N–H and O–H groups in total. The summed E-state index contributed by atoms with van der Waals surface area (Å²) in [6.45, 7) is 8.06. The van der Waals surface area contributed by atoms with E-state index in [-0.39, 0.29) is 5.04 Å². The summed E-state index contributed by atoms with van der Waals surface area (Å²) in [6, 6.07) is 9.24. The molecule has 0 amide bonds. The van der Waals surface area contributed by atoms with E-state index in [4.69, 9.17) is 0 Å². The Morgan fingerprint density at radius 2 is 1.65 bits per heavy atom. The predicted molar refractivity (Wildman–Crippen MR) is 85.0 cm³/mol. The van der Waals surface area contributed by atoms with Crippen molar-refractivity contribution in [2.45, 2.75) is 63.5 Å². The van der Waals surface area contributed by atoms with Gasteiger partial charge < -0.3 is 15.0 Å². The molecular formula is C16H28O3Si. The third kappa shape index (κ3) is 4.70. The smallest absolute Gasteiger partial charge is 0.188 e. The van der Waals surface area contributed by atoms with E-state index in [0.29, 0.717) is 6.42 Å². The lowest BCUT2D eigenvalue weighted by atomic mass is 9.97. The van der Waals surface area contributed by atoms with Crippen LogP contribution in [0.1, 0.15) is 44.8 Å². The first-order valence-corrected chi connectivity index (χ1v) is 10.2. The summed E-state index contributed by atoms with van der Waals surface area (Å²) in [5.41, 5.74) is 0.746. The standard InChI is InChI=1S/C16H28O3Si/c1-16(2,20(3,4)19)12-8-11-14(17)15(18)13-9-6-5-7-10-13/h5-7,9-10,14-15,17-19H,8,11-12H2,1-4H3/t14-,15-/m0/s1. The van der Waals surface area contributed by atoms with Gasteiger partial charge in [0, 0.05) is 0 Å². The van der Waals surface area contributed by atoms with E-state index < -0.39 is 20.5 Å². The second kappa shape index (κ2) is 6.85. The normalized spacial score (nSPS) is 15.9. The molecule has 0 aliphatic rings. The van der Waals surface area contributed by atoms with E-state index in [1.54, 1.807) is 0 Å². The zero-order valence-electron chi connectivity index (χ0n) is 13.0. The predicted octanol–water partition coefficient (Wildman–Crippen LogP) is 3.23. The number of rotatable bonds is 7. The number of hydrogen-bond donors (Lipinski definition) is 3. The van der Waals surface area contributed by atoms with E-state index in [1.807, 2.05) is 43.4 Å². The van der Waals surface area contributed by atoms with Crippen LogP contribution in [0.4, 0.5) is 0 Å². The first kappa shape index (κ1) is 17.4. The first-order chi connectivity index (χ1) is 9.15. The molecule has 0 heterocycles. The van der Waals surface area contributed by atoms with Gasteiger partial charge in [0.2, 0.25) is 0 Å². The van der Waals surface area contributed by atoms with Gasteiger partial charge in [-0.1, -0.05) is 50.6 Å². The summed E-state index contributed by atoms with van der Waals surface area (Å²) in [5, 5.41) is 20.1. The molecule has 0 spiro atoms. The van der Waals surface area contributed by atoms with Crippen LogP contribution in [0, 0.1) is 0 Å². The first-order valence-electron chi connectivity index (χ1n) is 7.28. The Morgan fingerprint density at radius 1 is 1.10 bits per heavy atom. The molecule has 20 heavy (non-hydrogen) atoms. The van der Waals surface area contributed by atoms with E-state index >= 15 is 0 Å². The van der Waals surface area contributed by atoms with Crippen molar-refractivity contribution in [3.05, 3.63) is 35.9 Å². The minimum Gasteiger partial charge on any atom is -0.432 e. The third-order valence-electron chi connectivity index (χ3n) is 4.46. The van der Waals surface area contributed by atoms with Gasteiger partial charge in [-0.3, -0.25) is 0 Å². The van der Waals surface area contributed by atoms with Crippen LogP contribution in [-0.2, 0) is 0 Å². The van der Waals surface area contributed by atoms with E-state index in [0.717, 1.165) is 18.4 Å². The minimum atomic E-state index is -2.19. The highest BCUT2D eigenvalue weighted by Gasteiger charge is 2.37. The molecule has 0 saturated carbocycles. The van der Waals surface area contributed by atoms with Crippen LogP contribution < -0.4 is 0 Å². The SMILES string of the molecule is CC(C)(CCC[C@H](O)[C@@H](O)c1ccccc1)[Si](C)(C)O. The molecule has 0 aliphatic carbocycles. The van der Waals surface area contributed by atoms with Crippen LogP contribution in [-0.4, -0.2) is 29.4 Å². The van der Waals surface area contributed by atoms with Crippen LogP contribution in [0.2, 0.25) is 18.1 Å². The highest BCUT2D eigenvalue weighted by atomic mass is 28.4. The third-order valence-corrected chi connectivity index (χ3v) is 8.03. The van der Waals surface area contributed by atoms with Crippen LogP contribution >= 0.6 is 0 Å². The molecule has 1 aromatic carbocycles. The number of hydrogen-bond acceptors (Lipinski definition) is 3. The maximum atomic E-state index is 10.2. The van der Waals surface area contributed by atoms with Gasteiger partial charge in [0.15, 0.2) is 8.32 Å². The molecule has 0 bridgehead atoms. The quantitative estimate of drug-likeness (QED) is 0.677. The molecule has 3 nitrogen and oxygen atoms in total. The molecule has 2 atom stereocenters. The van der Waals surface area contributed by atoms with Crippen LogP contribution in [0.5, 0.6) is 0 Å². The monoisotopic (exact) mass is 296 g/mol. The molecule has 0 fully saturated rings. The molecular weight excluding hydrogens is 268 g/mol. The summed E-state index contributed by atoms with van der Waals surface area (Å²) in [7, 11) is -2.19. The van der Waals surface area contributed by atoms with Gasteiger partial charge in [-0.25, -0.2) is 0 Å². The largest absolute Gasteiger partial charge is 0.432 e. The maximum Gasteiger partial charge on any atom is 0.188 e. The maximum absolute atomic E-state index is 10.2. The Bertz CT molecular complexity index is 398. The van der Waals surface area contributed by atoms with Crippen molar-refractivity contribution >= 4 is 8.32 Å². The van der Waals surface area contributed by atoms with Gasteiger partial charge in [-0.05, 0) is 36.5 Å². The average molecular weight is 296 g/mol. The highest BCUT2D eigenvalue weighted by Crippen LogP contribution is 2.40. The van der Waals surface area contributed by atoms with Gasteiger partial charge in [0.05, 0.1) is 6.10 Å². The Labute approximate surface area is 123 Å². The molecule has 1 rings (SSSR count). The van der Waals surface area contributed by atoms with Crippen molar-refractivity contribution in [2.75, 3.05) is 0 Å². The van der Waals surface area contributed by atoms with Crippen LogP contribution in [0.3, 0.4) is 0 Å². The fourth-order valence-corrected chi connectivity index (χ4v) is 2.88. The molecule has 0 aliphatic heterocycles. The van der Waals surface area contributed by atoms with Crippen LogP contribution in [0.15, 0.2) is 30.3 Å². The van der Waals surface area contributed by atoms with Crippen LogP contribution in [0.25, 0.3) is 0 Å². The summed E-state index contributed by atoms with van der Waals surface area (Å²) in [6.07, 6.45) is 0.621. The Balaban J connectivity index is 2.46. The number of aliphatic hydroxyl groups is 2. The summed E-state index contributed by atoms with van der Waals surface area (Å²) >= 11 is 0. The van der Waals surface area contributed by atoms with E-state index in [1.165, 1.54) is 0 Å². The summed E-state index contributed by atoms with van der Waals surface area (Å²) in [4.78, 5) is 10.2. The molecule has 0 saturated heterocycles. The lowest BCUT2D eigenvalue weighted by Gasteiger charge is -2.35. The zero-order valence-corrected chi connectivity index (χ0v) is 14.0. The van der Waals surface area contributed by atoms with Gasteiger partial charge >= 0.3 is 0 Å². The molecule has 4 heteroatoms. The summed E-state index contributed by atoms with van der Waals surface area (Å²) in [5.74, 6) is 0. The molecule has 0 unspecified atom stereocenters. The fraction of sp³-hybridized carbons (Fsp3) is 0.625. The van der Waals surface area contributed by atoms with Gasteiger partial charge in [0.25, 0.3) is 0 Å². The fourth-order valence-electron chi connectivity index (χ4n) is 2.09. The van der Waals surface area contributed by atoms with Crippen molar-refractivity contribution in [2.24, 2.45) is 0 Å². The lowest BCUT2D eigenvalue weighted by Crippen LogP contribution is -2.39. The second-order valence-corrected chi connectivity index (χ2v) is 11.2. The van der Waals surface area contributed by atoms with Crippen molar-refractivity contribution in [1.29, 1.82) is 0 Å². The number of aliphatic hydroxyl groups excluding tert-OH is 2. The molecule has 1 aromatic rings. The zero-order chi connectivity index (χ0) is 15.4. The van der Waals surface area contributed by atoms with Crippen molar-refractivity contribution in [3.8, 4) is 0 Å². The Hall–Kier alpha value is -0.683.